The normalized spacial score (nSPS) is 10.4. The van der Waals surface area contributed by atoms with Gasteiger partial charge in [0.15, 0.2) is 5.75 Å². The van der Waals surface area contributed by atoms with Crippen molar-refractivity contribution in [1.29, 1.82) is 0 Å². The smallest absolute Gasteiger partial charge is 0.308 e. The lowest BCUT2D eigenvalue weighted by molar-refractivity contribution is -0.131. The summed E-state index contributed by atoms with van der Waals surface area (Å²) in [5, 5.41) is 0.511. The quantitative estimate of drug-likeness (QED) is 0.424. The summed E-state index contributed by atoms with van der Waals surface area (Å²) in [6.07, 6.45) is 0. The van der Waals surface area contributed by atoms with Gasteiger partial charge in [0.1, 0.15) is 11.5 Å². The van der Waals surface area contributed by atoms with E-state index in [4.69, 9.17) is 38.4 Å². The standard InChI is InChI=1S/C15H12BrCl2NO3/c1-7-13(21-8(2)20)6-11(17)15(14(7)18)22-9-3-4-12(19)10(16)5-9/h3-6H,19H2,1-2H3. The number of halogens is 3. The molecule has 0 bridgehead atoms. The number of carbonyl (C=O) groups excluding carboxylic acids is 1. The van der Waals surface area contributed by atoms with Crippen LogP contribution in [0.25, 0.3) is 0 Å². The second-order valence-corrected chi connectivity index (χ2v) is 6.14. The first kappa shape index (κ1) is 16.9. The van der Waals surface area contributed by atoms with Crippen LogP contribution in [0.2, 0.25) is 10.0 Å². The monoisotopic (exact) mass is 403 g/mol. The molecular formula is C15H12BrCl2NO3. The number of carbonyl (C=O) groups is 1. The molecule has 0 aromatic heterocycles. The SMILES string of the molecule is CC(=O)Oc1cc(Cl)c(Oc2ccc(N)c(Br)c2)c(Cl)c1C. The van der Waals surface area contributed by atoms with E-state index < -0.39 is 5.97 Å². The van der Waals surface area contributed by atoms with Crippen molar-refractivity contribution in [2.75, 3.05) is 5.73 Å². The van der Waals surface area contributed by atoms with Crippen LogP contribution in [-0.2, 0) is 4.79 Å². The molecule has 0 fully saturated rings. The maximum absolute atomic E-state index is 11.1. The summed E-state index contributed by atoms with van der Waals surface area (Å²) < 4.78 is 11.5. The van der Waals surface area contributed by atoms with Gasteiger partial charge in [-0.05, 0) is 41.1 Å². The molecule has 0 aliphatic rings. The molecule has 2 aromatic rings. The number of nitrogen functional groups attached to an aromatic ring is 1. The third-order valence-electron chi connectivity index (χ3n) is 2.82. The topological polar surface area (TPSA) is 61.5 Å². The molecule has 0 aliphatic carbocycles. The third-order valence-corrected chi connectivity index (χ3v) is 4.24. The van der Waals surface area contributed by atoms with Crippen LogP contribution in [0.1, 0.15) is 12.5 Å². The molecule has 0 atom stereocenters. The fraction of sp³-hybridized carbons (Fsp3) is 0.133. The molecule has 0 radical (unpaired) electrons. The van der Waals surface area contributed by atoms with Gasteiger partial charge >= 0.3 is 5.97 Å². The Morgan fingerprint density at radius 1 is 1.27 bits per heavy atom. The minimum Gasteiger partial charge on any atom is -0.454 e. The van der Waals surface area contributed by atoms with Crippen molar-refractivity contribution in [3.05, 3.63) is 44.3 Å². The van der Waals surface area contributed by atoms with Crippen LogP contribution in [0.15, 0.2) is 28.7 Å². The number of anilines is 1. The average Bonchev–Trinajstić information content (AvgIpc) is 2.44. The molecular weight excluding hydrogens is 393 g/mol. The first-order chi connectivity index (χ1) is 10.3. The molecule has 0 spiro atoms. The number of hydrogen-bond donors (Lipinski definition) is 1. The van der Waals surface area contributed by atoms with Crippen LogP contribution in [0.3, 0.4) is 0 Å². The Kier molecular flexibility index (Phi) is 5.21. The summed E-state index contributed by atoms with van der Waals surface area (Å²) in [6, 6.07) is 6.59. The second kappa shape index (κ2) is 6.77. The minimum absolute atomic E-state index is 0.236. The van der Waals surface area contributed by atoms with Gasteiger partial charge in [0.25, 0.3) is 0 Å². The van der Waals surface area contributed by atoms with Gasteiger partial charge < -0.3 is 15.2 Å². The fourth-order valence-electron chi connectivity index (χ4n) is 1.72. The first-order valence-electron chi connectivity index (χ1n) is 6.19. The Morgan fingerprint density at radius 3 is 2.55 bits per heavy atom. The highest BCUT2D eigenvalue weighted by molar-refractivity contribution is 9.10. The van der Waals surface area contributed by atoms with E-state index in [1.807, 2.05) is 0 Å². The second-order valence-electron chi connectivity index (χ2n) is 4.50. The zero-order valence-corrected chi connectivity index (χ0v) is 14.8. The Bertz CT molecular complexity index is 750. The van der Waals surface area contributed by atoms with E-state index >= 15 is 0 Å². The molecule has 0 aliphatic heterocycles. The highest BCUT2D eigenvalue weighted by Crippen LogP contribution is 2.43. The van der Waals surface area contributed by atoms with E-state index in [0.717, 1.165) is 0 Å². The maximum atomic E-state index is 11.1. The molecule has 116 valence electrons. The molecule has 2 N–H and O–H groups in total. The van der Waals surface area contributed by atoms with Gasteiger partial charge in [0.05, 0.1) is 10.0 Å². The molecule has 0 saturated heterocycles. The number of rotatable bonds is 3. The van der Waals surface area contributed by atoms with Gasteiger partial charge in [-0.1, -0.05) is 23.2 Å². The Hall–Kier alpha value is -1.43. The summed E-state index contributed by atoms with van der Waals surface area (Å²) in [5.74, 6) is 0.651. The minimum atomic E-state index is -0.452. The molecule has 0 heterocycles. The molecule has 2 rings (SSSR count). The summed E-state index contributed by atoms with van der Waals surface area (Å²) in [7, 11) is 0. The van der Waals surface area contributed by atoms with Crippen molar-refractivity contribution < 1.29 is 14.3 Å². The number of esters is 1. The van der Waals surface area contributed by atoms with Crippen LogP contribution in [0.5, 0.6) is 17.2 Å². The largest absolute Gasteiger partial charge is 0.454 e. The molecule has 2 aromatic carbocycles. The average molecular weight is 405 g/mol. The lowest BCUT2D eigenvalue weighted by atomic mass is 10.2. The van der Waals surface area contributed by atoms with Gasteiger partial charge in [0.2, 0.25) is 0 Å². The zero-order valence-electron chi connectivity index (χ0n) is 11.7. The van der Waals surface area contributed by atoms with Crippen LogP contribution in [0, 0.1) is 6.92 Å². The third kappa shape index (κ3) is 3.66. The van der Waals surface area contributed by atoms with Crippen molar-refractivity contribution in [2.45, 2.75) is 13.8 Å². The Balaban J connectivity index is 2.41. The summed E-state index contributed by atoms with van der Waals surface area (Å²) in [4.78, 5) is 11.1. The predicted molar refractivity (Wildman–Crippen MR) is 91.1 cm³/mol. The number of benzene rings is 2. The van der Waals surface area contributed by atoms with Crippen molar-refractivity contribution in [1.82, 2.24) is 0 Å². The van der Waals surface area contributed by atoms with Crippen LogP contribution >= 0.6 is 39.1 Å². The van der Waals surface area contributed by atoms with E-state index in [9.17, 15) is 4.79 Å². The maximum Gasteiger partial charge on any atom is 0.308 e. The molecule has 0 unspecified atom stereocenters. The Labute approximate surface area is 146 Å². The van der Waals surface area contributed by atoms with Crippen molar-refractivity contribution in [2.24, 2.45) is 0 Å². The summed E-state index contributed by atoms with van der Waals surface area (Å²) in [5.41, 5.74) is 6.88. The lowest BCUT2D eigenvalue weighted by Gasteiger charge is -2.14. The molecule has 4 nitrogen and oxygen atoms in total. The van der Waals surface area contributed by atoms with Crippen LogP contribution < -0.4 is 15.2 Å². The number of ether oxygens (including phenoxy) is 2. The molecule has 0 amide bonds. The molecule has 7 heteroatoms. The Morgan fingerprint density at radius 2 is 1.95 bits per heavy atom. The van der Waals surface area contributed by atoms with Crippen molar-refractivity contribution in [3.63, 3.8) is 0 Å². The van der Waals surface area contributed by atoms with Gasteiger partial charge in [-0.2, -0.15) is 0 Å². The number of nitrogens with two attached hydrogens (primary N) is 1. The highest BCUT2D eigenvalue weighted by atomic mass is 79.9. The highest BCUT2D eigenvalue weighted by Gasteiger charge is 2.17. The van der Waals surface area contributed by atoms with E-state index in [-0.39, 0.29) is 15.8 Å². The van der Waals surface area contributed by atoms with E-state index in [2.05, 4.69) is 15.9 Å². The predicted octanol–water partition coefficient (Wildman–Crippen LogP) is 5.36. The van der Waals surface area contributed by atoms with Crippen molar-refractivity contribution in [3.8, 4) is 17.2 Å². The van der Waals surface area contributed by atoms with E-state index in [1.165, 1.54) is 13.0 Å². The van der Waals surface area contributed by atoms with Crippen molar-refractivity contribution >= 4 is 50.8 Å². The lowest BCUT2D eigenvalue weighted by Crippen LogP contribution is -2.03. The first-order valence-corrected chi connectivity index (χ1v) is 7.74. The van der Waals surface area contributed by atoms with Gasteiger partial charge in [-0.3, -0.25) is 4.79 Å². The summed E-state index contributed by atoms with van der Waals surface area (Å²) >= 11 is 15.8. The van der Waals surface area contributed by atoms with Gasteiger partial charge in [-0.15, -0.1) is 0 Å². The van der Waals surface area contributed by atoms with Crippen LogP contribution in [0.4, 0.5) is 5.69 Å². The van der Waals surface area contributed by atoms with Gasteiger partial charge in [0, 0.05) is 28.7 Å². The van der Waals surface area contributed by atoms with Gasteiger partial charge in [-0.25, -0.2) is 0 Å². The molecule has 0 saturated carbocycles. The van der Waals surface area contributed by atoms with E-state index in [0.29, 0.717) is 27.2 Å². The van der Waals surface area contributed by atoms with Crippen LogP contribution in [-0.4, -0.2) is 5.97 Å². The number of hydrogen-bond acceptors (Lipinski definition) is 4. The summed E-state index contributed by atoms with van der Waals surface area (Å²) in [6.45, 7) is 3.01. The van der Waals surface area contributed by atoms with E-state index in [1.54, 1.807) is 25.1 Å². The molecule has 22 heavy (non-hydrogen) atoms. The zero-order chi connectivity index (χ0) is 16.4. The fourth-order valence-corrected chi connectivity index (χ4v) is 2.59.